The summed E-state index contributed by atoms with van der Waals surface area (Å²) in [5.41, 5.74) is 1.77. The van der Waals surface area contributed by atoms with Crippen LogP contribution >= 0.6 is 11.6 Å². The summed E-state index contributed by atoms with van der Waals surface area (Å²) in [5.74, 6) is 0.343. The molecule has 180 valence electrons. The highest BCUT2D eigenvalue weighted by Crippen LogP contribution is 2.32. The molecule has 0 N–H and O–H groups in total. The van der Waals surface area contributed by atoms with Crippen molar-refractivity contribution >= 4 is 27.3 Å². The predicted molar refractivity (Wildman–Crippen MR) is 131 cm³/mol. The second-order valence-electron chi connectivity index (χ2n) is 8.74. The molecule has 4 rings (SSSR count). The lowest BCUT2D eigenvalue weighted by molar-refractivity contribution is 0.0724. The standard InChI is InChI=1S/C25H28ClN3O4S/c1-17(2)29-21(14-27-25(29)34(31,32)16-19-6-4-5-7-23(19)26)15-28(20-10-11-20)24(30)18-8-12-22(33-3)13-9-18/h4-9,12-14,17,20H,10-11,15-16H2,1-3H3. The highest BCUT2D eigenvalue weighted by Gasteiger charge is 2.35. The van der Waals surface area contributed by atoms with Gasteiger partial charge in [0.25, 0.3) is 5.91 Å². The van der Waals surface area contributed by atoms with Gasteiger partial charge in [0.15, 0.2) is 0 Å². The summed E-state index contributed by atoms with van der Waals surface area (Å²) >= 11 is 6.20. The molecule has 0 aliphatic heterocycles. The maximum Gasteiger partial charge on any atom is 0.254 e. The number of hydrogen-bond acceptors (Lipinski definition) is 5. The summed E-state index contributed by atoms with van der Waals surface area (Å²) < 4.78 is 33.5. The van der Waals surface area contributed by atoms with Gasteiger partial charge in [-0.05, 0) is 62.6 Å². The summed E-state index contributed by atoms with van der Waals surface area (Å²) in [6, 6.07) is 13.9. The van der Waals surface area contributed by atoms with Crippen LogP contribution in [0.1, 0.15) is 54.3 Å². The average Bonchev–Trinajstić information content (AvgIpc) is 3.56. The molecule has 1 heterocycles. The number of rotatable bonds is 9. The molecule has 0 radical (unpaired) electrons. The Morgan fingerprint density at radius 2 is 1.85 bits per heavy atom. The van der Waals surface area contributed by atoms with Crippen molar-refractivity contribution in [2.45, 2.75) is 56.2 Å². The minimum atomic E-state index is -3.76. The lowest BCUT2D eigenvalue weighted by atomic mass is 10.2. The first-order valence-corrected chi connectivity index (χ1v) is 13.2. The van der Waals surface area contributed by atoms with Crippen molar-refractivity contribution in [1.29, 1.82) is 0 Å². The number of aromatic nitrogens is 2. The normalized spacial score (nSPS) is 13.8. The molecule has 34 heavy (non-hydrogen) atoms. The molecular formula is C25H28ClN3O4S. The zero-order chi connectivity index (χ0) is 24.5. The molecule has 0 spiro atoms. The summed E-state index contributed by atoms with van der Waals surface area (Å²) in [6.07, 6.45) is 3.42. The Balaban J connectivity index is 1.64. The molecule has 3 aromatic rings. The van der Waals surface area contributed by atoms with E-state index < -0.39 is 9.84 Å². The number of hydrogen-bond donors (Lipinski definition) is 0. The van der Waals surface area contributed by atoms with Crippen LogP contribution in [0.4, 0.5) is 0 Å². The van der Waals surface area contributed by atoms with Crippen molar-refractivity contribution in [2.24, 2.45) is 0 Å². The van der Waals surface area contributed by atoms with Crippen LogP contribution in [0.15, 0.2) is 59.9 Å². The quantitative estimate of drug-likeness (QED) is 0.416. The monoisotopic (exact) mass is 501 g/mol. The van der Waals surface area contributed by atoms with Gasteiger partial charge in [0.2, 0.25) is 15.0 Å². The Labute approximate surface area is 205 Å². The van der Waals surface area contributed by atoms with Crippen LogP contribution in [0.2, 0.25) is 5.02 Å². The summed E-state index contributed by atoms with van der Waals surface area (Å²) in [6.45, 7) is 4.10. The molecule has 1 aliphatic carbocycles. The maximum atomic E-state index is 13.3. The Bertz CT molecular complexity index is 1280. The smallest absolute Gasteiger partial charge is 0.254 e. The molecular weight excluding hydrogens is 474 g/mol. The van der Waals surface area contributed by atoms with Gasteiger partial charge >= 0.3 is 0 Å². The number of nitrogens with zero attached hydrogens (tertiary/aromatic N) is 3. The van der Waals surface area contributed by atoms with E-state index in [-0.39, 0.29) is 35.4 Å². The van der Waals surface area contributed by atoms with Gasteiger partial charge in [0, 0.05) is 22.7 Å². The molecule has 0 bridgehead atoms. The Morgan fingerprint density at radius 3 is 2.44 bits per heavy atom. The van der Waals surface area contributed by atoms with Crippen molar-refractivity contribution in [3.63, 3.8) is 0 Å². The van der Waals surface area contributed by atoms with Crippen molar-refractivity contribution < 1.29 is 17.9 Å². The Morgan fingerprint density at radius 1 is 1.18 bits per heavy atom. The minimum absolute atomic E-state index is 0.00920. The van der Waals surface area contributed by atoms with E-state index in [0.717, 1.165) is 12.8 Å². The van der Waals surface area contributed by atoms with Gasteiger partial charge in [-0.3, -0.25) is 4.79 Å². The van der Waals surface area contributed by atoms with E-state index in [4.69, 9.17) is 16.3 Å². The van der Waals surface area contributed by atoms with Crippen molar-refractivity contribution in [1.82, 2.24) is 14.5 Å². The lowest BCUT2D eigenvalue weighted by Crippen LogP contribution is -2.33. The van der Waals surface area contributed by atoms with Crippen molar-refractivity contribution in [2.75, 3.05) is 7.11 Å². The molecule has 2 aromatic carbocycles. The second-order valence-corrected chi connectivity index (χ2v) is 11.0. The molecule has 7 nitrogen and oxygen atoms in total. The van der Waals surface area contributed by atoms with Gasteiger partial charge in [-0.15, -0.1) is 0 Å². The van der Waals surface area contributed by atoms with Crippen LogP contribution < -0.4 is 4.74 Å². The van der Waals surface area contributed by atoms with Crippen molar-refractivity contribution in [3.05, 3.63) is 76.6 Å². The zero-order valence-electron chi connectivity index (χ0n) is 19.4. The number of carbonyl (C=O) groups excluding carboxylic acids is 1. The van der Waals surface area contributed by atoms with Crippen LogP contribution in [-0.2, 0) is 22.1 Å². The summed E-state index contributed by atoms with van der Waals surface area (Å²) in [7, 11) is -2.18. The van der Waals surface area contributed by atoms with Crippen LogP contribution in [0.3, 0.4) is 0 Å². The molecule has 1 aliphatic rings. The predicted octanol–water partition coefficient (Wildman–Crippen LogP) is 4.90. The molecule has 1 saturated carbocycles. The van der Waals surface area contributed by atoms with Crippen molar-refractivity contribution in [3.8, 4) is 5.75 Å². The summed E-state index contributed by atoms with van der Waals surface area (Å²) in [4.78, 5) is 19.4. The van der Waals surface area contributed by atoms with Gasteiger partial charge in [0.05, 0.1) is 31.3 Å². The average molecular weight is 502 g/mol. The highest BCUT2D eigenvalue weighted by molar-refractivity contribution is 7.90. The molecule has 9 heteroatoms. The third kappa shape index (κ3) is 5.13. The maximum absolute atomic E-state index is 13.3. The number of ether oxygens (including phenoxy) is 1. The third-order valence-corrected chi connectivity index (χ3v) is 7.77. The van der Waals surface area contributed by atoms with Crippen LogP contribution in [0, 0.1) is 0 Å². The largest absolute Gasteiger partial charge is 0.497 e. The number of benzene rings is 2. The fourth-order valence-electron chi connectivity index (χ4n) is 3.99. The second kappa shape index (κ2) is 9.80. The van der Waals surface area contributed by atoms with Gasteiger partial charge in [0.1, 0.15) is 5.75 Å². The van der Waals surface area contributed by atoms with Gasteiger partial charge in [-0.25, -0.2) is 13.4 Å². The molecule has 1 amide bonds. The third-order valence-electron chi connectivity index (χ3n) is 5.86. The van der Waals surface area contributed by atoms with E-state index in [1.54, 1.807) is 66.4 Å². The first-order valence-electron chi connectivity index (χ1n) is 11.2. The lowest BCUT2D eigenvalue weighted by Gasteiger charge is -2.24. The first-order chi connectivity index (χ1) is 16.2. The van der Waals surface area contributed by atoms with E-state index in [9.17, 15) is 13.2 Å². The topological polar surface area (TPSA) is 81.5 Å². The number of sulfone groups is 1. The SMILES string of the molecule is COc1ccc(C(=O)N(Cc2cnc(S(=O)(=O)Cc3ccccc3Cl)n2C(C)C)C2CC2)cc1. The van der Waals surface area contributed by atoms with E-state index in [1.807, 2.05) is 18.7 Å². The molecule has 0 atom stereocenters. The number of methoxy groups -OCH3 is 1. The molecule has 0 unspecified atom stereocenters. The van der Waals surface area contributed by atoms with E-state index in [1.165, 1.54) is 0 Å². The van der Waals surface area contributed by atoms with Gasteiger partial charge < -0.3 is 14.2 Å². The van der Waals surface area contributed by atoms with E-state index >= 15 is 0 Å². The Kier molecular flexibility index (Phi) is 7.00. The first kappa shape index (κ1) is 24.3. The molecule has 0 saturated heterocycles. The summed E-state index contributed by atoms with van der Waals surface area (Å²) in [5, 5.41) is 0.393. The van der Waals surface area contributed by atoms with Crippen LogP contribution in [-0.4, -0.2) is 41.9 Å². The number of amides is 1. The minimum Gasteiger partial charge on any atom is -0.497 e. The zero-order valence-corrected chi connectivity index (χ0v) is 21.0. The Hall–Kier alpha value is -2.84. The number of imidazole rings is 1. The number of halogens is 1. The van der Waals surface area contributed by atoms with E-state index in [2.05, 4.69) is 4.98 Å². The highest BCUT2D eigenvalue weighted by atomic mass is 35.5. The fraction of sp³-hybridized carbons (Fsp3) is 0.360. The molecule has 1 fully saturated rings. The number of carbonyl (C=O) groups is 1. The fourth-order valence-corrected chi connectivity index (χ4v) is 5.90. The van der Waals surface area contributed by atoms with Gasteiger partial charge in [-0.2, -0.15) is 0 Å². The van der Waals surface area contributed by atoms with Gasteiger partial charge in [-0.1, -0.05) is 29.8 Å². The van der Waals surface area contributed by atoms with E-state index in [0.29, 0.717) is 27.6 Å². The van der Waals surface area contributed by atoms with Crippen LogP contribution in [0.25, 0.3) is 0 Å². The molecule has 1 aromatic heterocycles. The van der Waals surface area contributed by atoms with Crippen LogP contribution in [0.5, 0.6) is 5.75 Å².